The van der Waals surface area contributed by atoms with E-state index in [1.807, 2.05) is 0 Å². The molecule has 0 aromatic heterocycles. The zero-order valence-corrected chi connectivity index (χ0v) is 13.0. The Kier molecular flexibility index (Phi) is 3.92. The zero-order valence-electron chi connectivity index (χ0n) is 13.0. The number of likely N-dealkylation sites (N-methyl/N-ethyl adjacent to an activating group) is 1. The Hall–Kier alpha value is -0.0800. The van der Waals surface area contributed by atoms with Gasteiger partial charge in [0.1, 0.15) is 0 Å². The van der Waals surface area contributed by atoms with E-state index >= 15 is 0 Å². The summed E-state index contributed by atoms with van der Waals surface area (Å²) in [5.41, 5.74) is 1.27. The largest absolute Gasteiger partial charge is 0.312 e. The van der Waals surface area contributed by atoms with Gasteiger partial charge in [-0.1, -0.05) is 12.8 Å². The third-order valence-electron chi connectivity index (χ3n) is 6.66. The predicted molar refractivity (Wildman–Crippen MR) is 81.4 cm³/mol. The highest BCUT2D eigenvalue weighted by Gasteiger charge is 2.41. The summed E-state index contributed by atoms with van der Waals surface area (Å²) in [6, 6.07) is 0.809. The van der Waals surface area contributed by atoms with Crippen molar-refractivity contribution >= 4 is 0 Å². The van der Waals surface area contributed by atoms with Gasteiger partial charge in [0.2, 0.25) is 0 Å². The molecule has 3 saturated carbocycles. The molecule has 0 atom stereocenters. The molecule has 0 amide bonds. The normalized spacial score (nSPS) is 29.8. The number of nitrogens with zero attached hydrogens (tertiary/aromatic N) is 1. The first-order valence-electron chi connectivity index (χ1n) is 8.55. The lowest BCUT2D eigenvalue weighted by Crippen LogP contribution is -2.58. The summed E-state index contributed by atoms with van der Waals surface area (Å²) in [4.78, 5) is 2.46. The van der Waals surface area contributed by atoms with Gasteiger partial charge in [0, 0.05) is 18.1 Å². The fraction of sp³-hybridized carbons (Fsp3) is 1.00. The lowest BCUT2D eigenvalue weighted by Gasteiger charge is -2.49. The van der Waals surface area contributed by atoms with E-state index in [4.69, 9.17) is 0 Å². The van der Waals surface area contributed by atoms with Gasteiger partial charge in [-0.3, -0.25) is 0 Å². The van der Waals surface area contributed by atoms with Crippen LogP contribution in [-0.4, -0.2) is 37.1 Å². The van der Waals surface area contributed by atoms with Crippen LogP contribution < -0.4 is 5.32 Å². The minimum absolute atomic E-state index is 0.489. The van der Waals surface area contributed by atoms with E-state index in [1.165, 1.54) is 77.2 Å². The molecule has 0 unspecified atom stereocenters. The Balaban J connectivity index is 1.45. The third-order valence-corrected chi connectivity index (χ3v) is 6.66. The van der Waals surface area contributed by atoms with Gasteiger partial charge >= 0.3 is 0 Å². The van der Waals surface area contributed by atoms with Gasteiger partial charge < -0.3 is 10.2 Å². The fourth-order valence-corrected chi connectivity index (χ4v) is 4.76. The van der Waals surface area contributed by atoms with E-state index < -0.39 is 0 Å². The molecule has 1 spiro atoms. The molecule has 0 saturated heterocycles. The number of rotatable bonds is 4. The van der Waals surface area contributed by atoms with E-state index in [0.717, 1.165) is 11.5 Å². The smallest absolute Gasteiger partial charge is 0.0328 e. The molecule has 2 nitrogen and oxygen atoms in total. The molecular formula is C17H32N2. The van der Waals surface area contributed by atoms with Gasteiger partial charge in [0.25, 0.3) is 0 Å². The maximum absolute atomic E-state index is 3.91. The van der Waals surface area contributed by atoms with Crippen LogP contribution in [0.4, 0.5) is 0 Å². The number of nitrogens with one attached hydrogen (secondary N) is 1. The van der Waals surface area contributed by atoms with Crippen molar-refractivity contribution in [3.8, 4) is 0 Å². The molecule has 0 radical (unpaired) electrons. The van der Waals surface area contributed by atoms with Crippen LogP contribution in [0.3, 0.4) is 0 Å². The van der Waals surface area contributed by atoms with E-state index in [-0.39, 0.29) is 0 Å². The summed E-state index contributed by atoms with van der Waals surface area (Å²) in [7, 11) is 4.52. The van der Waals surface area contributed by atoms with Crippen molar-refractivity contribution < 1.29 is 0 Å². The van der Waals surface area contributed by atoms with Crippen LogP contribution in [0, 0.1) is 5.41 Å². The standard InChI is InChI=1S/C17H32N2/c1-19(2)17(10-5-11-17)14-18-15-6-12-16(13-7-15)8-3-4-9-16/h15,18H,3-14H2,1-2H3. The highest BCUT2D eigenvalue weighted by molar-refractivity contribution is 4.99. The van der Waals surface area contributed by atoms with Crippen LogP contribution in [-0.2, 0) is 0 Å². The average Bonchev–Trinajstić information content (AvgIpc) is 2.78. The molecule has 0 aromatic rings. The Labute approximate surface area is 119 Å². The minimum Gasteiger partial charge on any atom is -0.312 e. The number of hydrogen-bond acceptors (Lipinski definition) is 2. The number of hydrogen-bond donors (Lipinski definition) is 1. The van der Waals surface area contributed by atoms with Crippen molar-refractivity contribution in [2.24, 2.45) is 5.41 Å². The molecule has 19 heavy (non-hydrogen) atoms. The van der Waals surface area contributed by atoms with Gasteiger partial charge in [-0.2, -0.15) is 0 Å². The van der Waals surface area contributed by atoms with Crippen molar-refractivity contribution in [1.29, 1.82) is 0 Å². The minimum atomic E-state index is 0.489. The van der Waals surface area contributed by atoms with Crippen molar-refractivity contribution in [2.75, 3.05) is 20.6 Å². The highest BCUT2D eigenvalue weighted by Crippen LogP contribution is 2.49. The fourth-order valence-electron chi connectivity index (χ4n) is 4.76. The second kappa shape index (κ2) is 5.37. The maximum Gasteiger partial charge on any atom is 0.0328 e. The third kappa shape index (κ3) is 2.71. The second-order valence-corrected chi connectivity index (χ2v) is 7.83. The van der Waals surface area contributed by atoms with Crippen LogP contribution >= 0.6 is 0 Å². The molecule has 3 rings (SSSR count). The Morgan fingerprint density at radius 2 is 1.53 bits per heavy atom. The van der Waals surface area contributed by atoms with Gasteiger partial charge in [0.05, 0.1) is 0 Å². The van der Waals surface area contributed by atoms with Crippen LogP contribution in [0.2, 0.25) is 0 Å². The van der Waals surface area contributed by atoms with E-state index in [2.05, 4.69) is 24.3 Å². The van der Waals surface area contributed by atoms with Crippen LogP contribution in [0.1, 0.15) is 70.6 Å². The zero-order chi connectivity index (χ0) is 13.3. The molecule has 1 N–H and O–H groups in total. The van der Waals surface area contributed by atoms with Crippen LogP contribution in [0.5, 0.6) is 0 Å². The molecule has 3 fully saturated rings. The molecule has 0 aromatic carbocycles. The van der Waals surface area contributed by atoms with Crippen molar-refractivity contribution in [1.82, 2.24) is 10.2 Å². The van der Waals surface area contributed by atoms with Crippen molar-refractivity contribution in [2.45, 2.75) is 82.2 Å². The summed E-state index contributed by atoms with van der Waals surface area (Å²) in [5.74, 6) is 0. The SMILES string of the molecule is CN(C)C1(CNC2CCC3(CCCC3)CC2)CCC1. The van der Waals surface area contributed by atoms with Gasteiger partial charge in [-0.05, 0) is 77.3 Å². The highest BCUT2D eigenvalue weighted by atomic mass is 15.2. The average molecular weight is 264 g/mol. The quantitative estimate of drug-likeness (QED) is 0.835. The van der Waals surface area contributed by atoms with Crippen molar-refractivity contribution in [3.63, 3.8) is 0 Å². The lowest BCUT2D eigenvalue weighted by molar-refractivity contribution is 0.0522. The first kappa shape index (κ1) is 13.9. The first-order chi connectivity index (χ1) is 9.14. The second-order valence-electron chi connectivity index (χ2n) is 7.83. The van der Waals surface area contributed by atoms with Crippen LogP contribution in [0.15, 0.2) is 0 Å². The first-order valence-corrected chi connectivity index (χ1v) is 8.55. The molecule has 0 aliphatic heterocycles. The van der Waals surface area contributed by atoms with Gasteiger partial charge in [-0.25, -0.2) is 0 Å². The van der Waals surface area contributed by atoms with E-state index in [0.29, 0.717) is 5.54 Å². The van der Waals surface area contributed by atoms with E-state index in [1.54, 1.807) is 0 Å². The summed E-state index contributed by atoms with van der Waals surface area (Å²) in [6.45, 7) is 1.22. The van der Waals surface area contributed by atoms with Crippen LogP contribution in [0.25, 0.3) is 0 Å². The molecule has 0 heterocycles. The summed E-state index contributed by atoms with van der Waals surface area (Å²) < 4.78 is 0. The molecule has 3 aliphatic rings. The Morgan fingerprint density at radius 3 is 2.00 bits per heavy atom. The molecule has 3 aliphatic carbocycles. The van der Waals surface area contributed by atoms with E-state index in [9.17, 15) is 0 Å². The lowest BCUT2D eigenvalue weighted by atomic mass is 9.71. The van der Waals surface area contributed by atoms with Crippen molar-refractivity contribution in [3.05, 3.63) is 0 Å². The topological polar surface area (TPSA) is 15.3 Å². The molecule has 2 heteroatoms. The maximum atomic E-state index is 3.91. The molecule has 0 bridgehead atoms. The summed E-state index contributed by atoms with van der Waals surface area (Å²) in [6.07, 6.45) is 16.1. The Morgan fingerprint density at radius 1 is 0.895 bits per heavy atom. The molecule has 110 valence electrons. The van der Waals surface area contributed by atoms with Gasteiger partial charge in [0.15, 0.2) is 0 Å². The summed E-state index contributed by atoms with van der Waals surface area (Å²) in [5, 5.41) is 3.91. The predicted octanol–water partition coefficient (Wildman–Crippen LogP) is 3.56. The molecular weight excluding hydrogens is 232 g/mol. The monoisotopic (exact) mass is 264 g/mol. The van der Waals surface area contributed by atoms with Gasteiger partial charge in [-0.15, -0.1) is 0 Å². The summed E-state index contributed by atoms with van der Waals surface area (Å²) >= 11 is 0. The Bertz CT molecular complexity index is 290.